The van der Waals surface area contributed by atoms with Crippen molar-refractivity contribution in [1.82, 2.24) is 19.8 Å². The number of ether oxygens (including phenoxy) is 1. The quantitative estimate of drug-likeness (QED) is 0.512. The van der Waals surface area contributed by atoms with Gasteiger partial charge in [-0.15, -0.1) is 0 Å². The zero-order valence-electron chi connectivity index (χ0n) is 20.2. The number of carboxylic acids is 1. The van der Waals surface area contributed by atoms with Gasteiger partial charge in [0.15, 0.2) is 0 Å². The highest BCUT2D eigenvalue weighted by Crippen LogP contribution is 2.32. The number of rotatable bonds is 9. The molecule has 0 saturated carbocycles. The molecule has 0 radical (unpaired) electrons. The average Bonchev–Trinajstić information content (AvgIpc) is 3.23. The molecule has 0 bridgehead atoms. The predicted molar refractivity (Wildman–Crippen MR) is 124 cm³/mol. The summed E-state index contributed by atoms with van der Waals surface area (Å²) in [5, 5.41) is 10.2. The number of nitrogens with zero attached hydrogens (tertiary/aromatic N) is 3. The van der Waals surface area contributed by atoms with Gasteiger partial charge in [-0.2, -0.15) is 13.2 Å². The van der Waals surface area contributed by atoms with Crippen LogP contribution < -0.4 is 5.32 Å². The van der Waals surface area contributed by atoms with E-state index < -0.39 is 12.1 Å². The Kier molecular flexibility index (Phi) is 10.7. The first-order valence-corrected chi connectivity index (χ1v) is 11.5. The lowest BCUT2D eigenvalue weighted by atomic mass is 10.00. The molecule has 1 aliphatic rings. The number of carboxylic acid groups (broad SMARTS) is 1. The maximum atomic E-state index is 13.2. The molecule has 0 saturated heterocycles. The van der Waals surface area contributed by atoms with Gasteiger partial charge in [-0.05, 0) is 32.8 Å². The fourth-order valence-electron chi connectivity index (χ4n) is 3.77. The second kappa shape index (κ2) is 13.2. The van der Waals surface area contributed by atoms with Crippen LogP contribution >= 0.6 is 0 Å². The van der Waals surface area contributed by atoms with Gasteiger partial charge >= 0.3 is 12.1 Å². The highest BCUT2D eigenvalue weighted by atomic mass is 19.4. The molecule has 1 aromatic carbocycles. The van der Waals surface area contributed by atoms with Crippen molar-refractivity contribution in [2.45, 2.75) is 58.4 Å². The standard InChI is InChI=1S/C22H32N4O2.C2HF3O2/c1-4-28-14-8-12-23-22(27)21-20-19(24-16-26(20)17(2)3)11-13-25(21)15-18-9-6-5-7-10-18;3-2(4,5)1(6)7/h5-7,9-10,16-17,21H,4,8,11-15H2,1-3H3,(H,23,27);(H,6,7). The van der Waals surface area contributed by atoms with E-state index in [2.05, 4.69) is 45.7 Å². The van der Waals surface area contributed by atoms with E-state index in [0.29, 0.717) is 19.8 Å². The number of imidazole rings is 1. The Balaban J connectivity index is 0.000000540. The molecule has 1 unspecified atom stereocenters. The van der Waals surface area contributed by atoms with E-state index in [1.54, 1.807) is 0 Å². The largest absolute Gasteiger partial charge is 0.490 e. The van der Waals surface area contributed by atoms with Gasteiger partial charge in [0.25, 0.3) is 0 Å². The number of amides is 1. The molecule has 2 aromatic rings. The van der Waals surface area contributed by atoms with Gasteiger partial charge in [-0.25, -0.2) is 9.78 Å². The van der Waals surface area contributed by atoms with Crippen LogP contribution in [0.3, 0.4) is 0 Å². The Bertz CT molecular complexity index is 948. The van der Waals surface area contributed by atoms with Crippen molar-refractivity contribution >= 4 is 11.9 Å². The van der Waals surface area contributed by atoms with Crippen LogP contribution in [-0.2, 0) is 27.3 Å². The topological polar surface area (TPSA) is 96.7 Å². The smallest absolute Gasteiger partial charge is 0.475 e. The lowest BCUT2D eigenvalue weighted by molar-refractivity contribution is -0.192. The van der Waals surface area contributed by atoms with Crippen LogP contribution in [0.5, 0.6) is 0 Å². The molecule has 194 valence electrons. The third-order valence-electron chi connectivity index (χ3n) is 5.42. The number of fused-ring (bicyclic) bond motifs is 1. The normalized spacial score (nSPS) is 15.8. The van der Waals surface area contributed by atoms with Gasteiger partial charge in [-0.3, -0.25) is 9.69 Å². The van der Waals surface area contributed by atoms with E-state index in [1.807, 2.05) is 31.5 Å². The van der Waals surface area contributed by atoms with Crippen molar-refractivity contribution < 1.29 is 32.6 Å². The summed E-state index contributed by atoms with van der Waals surface area (Å²) in [4.78, 5) is 29.0. The number of hydrogen-bond donors (Lipinski definition) is 2. The van der Waals surface area contributed by atoms with Crippen molar-refractivity contribution in [3.8, 4) is 0 Å². The van der Waals surface area contributed by atoms with Crippen LogP contribution in [-0.4, -0.2) is 63.9 Å². The first kappa shape index (κ1) is 28.3. The molecule has 2 heterocycles. The van der Waals surface area contributed by atoms with Crippen molar-refractivity contribution in [1.29, 1.82) is 0 Å². The van der Waals surface area contributed by atoms with Crippen LogP contribution in [0.1, 0.15) is 56.2 Å². The Morgan fingerprint density at radius 3 is 2.49 bits per heavy atom. The summed E-state index contributed by atoms with van der Waals surface area (Å²) in [6, 6.07) is 10.3. The number of carbonyl (C=O) groups excluding carboxylic acids is 1. The molecule has 1 aliphatic heterocycles. The maximum absolute atomic E-state index is 13.2. The van der Waals surface area contributed by atoms with Gasteiger partial charge in [0.1, 0.15) is 6.04 Å². The number of carbonyl (C=O) groups is 2. The number of aromatic nitrogens is 2. The lowest BCUT2D eigenvalue weighted by Gasteiger charge is -2.36. The lowest BCUT2D eigenvalue weighted by Crippen LogP contribution is -2.45. The fraction of sp³-hybridized carbons (Fsp3) is 0.542. The third-order valence-corrected chi connectivity index (χ3v) is 5.42. The number of aliphatic carboxylic acids is 1. The average molecular weight is 499 g/mol. The van der Waals surface area contributed by atoms with Crippen LogP contribution in [0.25, 0.3) is 0 Å². The molecule has 8 nitrogen and oxygen atoms in total. The van der Waals surface area contributed by atoms with Crippen molar-refractivity contribution in [3.05, 3.63) is 53.6 Å². The summed E-state index contributed by atoms with van der Waals surface area (Å²) in [7, 11) is 0. The molecule has 0 fully saturated rings. The molecule has 0 spiro atoms. The molecule has 1 aromatic heterocycles. The van der Waals surface area contributed by atoms with Crippen LogP contribution in [0, 0.1) is 0 Å². The monoisotopic (exact) mass is 498 g/mol. The summed E-state index contributed by atoms with van der Waals surface area (Å²) in [5.41, 5.74) is 3.31. The molecule has 0 aliphatic carbocycles. The van der Waals surface area contributed by atoms with E-state index in [-0.39, 0.29) is 18.0 Å². The number of hydrogen-bond acceptors (Lipinski definition) is 5. The van der Waals surface area contributed by atoms with Crippen LogP contribution in [0.4, 0.5) is 13.2 Å². The minimum atomic E-state index is -5.08. The van der Waals surface area contributed by atoms with Crippen molar-refractivity contribution in [3.63, 3.8) is 0 Å². The van der Waals surface area contributed by atoms with E-state index >= 15 is 0 Å². The minimum absolute atomic E-state index is 0.0516. The molecular weight excluding hydrogens is 465 g/mol. The molecule has 1 amide bonds. The number of halogens is 3. The summed E-state index contributed by atoms with van der Waals surface area (Å²) in [5.74, 6) is -2.71. The van der Waals surface area contributed by atoms with Crippen LogP contribution in [0.15, 0.2) is 36.7 Å². The number of nitrogens with one attached hydrogen (secondary N) is 1. The van der Waals surface area contributed by atoms with Crippen molar-refractivity contribution in [2.24, 2.45) is 0 Å². The Labute approximate surface area is 203 Å². The van der Waals surface area contributed by atoms with E-state index in [4.69, 9.17) is 14.6 Å². The zero-order valence-corrected chi connectivity index (χ0v) is 20.2. The summed E-state index contributed by atoms with van der Waals surface area (Å²) in [6.07, 6.45) is -1.51. The third kappa shape index (κ3) is 8.36. The maximum Gasteiger partial charge on any atom is 0.490 e. The minimum Gasteiger partial charge on any atom is -0.475 e. The Hall–Kier alpha value is -2.92. The summed E-state index contributed by atoms with van der Waals surface area (Å²) in [6.45, 7) is 9.83. The van der Waals surface area contributed by atoms with Gasteiger partial charge in [0.2, 0.25) is 5.91 Å². The molecule has 2 N–H and O–H groups in total. The number of alkyl halides is 3. The number of benzene rings is 1. The summed E-state index contributed by atoms with van der Waals surface area (Å²) >= 11 is 0. The van der Waals surface area contributed by atoms with Crippen LogP contribution in [0.2, 0.25) is 0 Å². The van der Waals surface area contributed by atoms with E-state index in [1.165, 1.54) is 5.56 Å². The van der Waals surface area contributed by atoms with Crippen molar-refractivity contribution in [2.75, 3.05) is 26.3 Å². The second-order valence-corrected chi connectivity index (χ2v) is 8.33. The molecule has 11 heteroatoms. The predicted octanol–water partition coefficient (Wildman–Crippen LogP) is 3.74. The molecule has 3 rings (SSSR count). The highest BCUT2D eigenvalue weighted by Gasteiger charge is 2.38. The van der Waals surface area contributed by atoms with Gasteiger partial charge in [0.05, 0.1) is 17.7 Å². The summed E-state index contributed by atoms with van der Waals surface area (Å²) < 4.78 is 39.3. The van der Waals surface area contributed by atoms with Gasteiger partial charge in [-0.1, -0.05) is 30.3 Å². The SMILES string of the molecule is CCOCCCNC(=O)C1c2c(ncn2C(C)C)CCN1Cc1ccccc1.O=C(O)C(F)(F)F. The zero-order chi connectivity index (χ0) is 26.0. The molecular formula is C24H33F3N4O4. The highest BCUT2D eigenvalue weighted by molar-refractivity contribution is 5.83. The first-order chi connectivity index (χ1) is 16.6. The molecule has 1 atom stereocenters. The van der Waals surface area contributed by atoms with E-state index in [0.717, 1.165) is 37.3 Å². The fourth-order valence-corrected chi connectivity index (χ4v) is 3.77. The first-order valence-electron chi connectivity index (χ1n) is 11.5. The van der Waals surface area contributed by atoms with Gasteiger partial charge in [0, 0.05) is 45.3 Å². The Morgan fingerprint density at radius 1 is 1.26 bits per heavy atom. The Morgan fingerprint density at radius 2 is 1.91 bits per heavy atom. The molecule has 35 heavy (non-hydrogen) atoms. The second-order valence-electron chi connectivity index (χ2n) is 8.33. The van der Waals surface area contributed by atoms with E-state index in [9.17, 15) is 18.0 Å². The van der Waals surface area contributed by atoms with Gasteiger partial charge < -0.3 is 19.7 Å².